The van der Waals surface area contributed by atoms with Crippen LogP contribution in [0.15, 0.2) is 4.52 Å². The predicted octanol–water partition coefficient (Wildman–Crippen LogP) is 2.08. The van der Waals surface area contributed by atoms with Gasteiger partial charge in [0.05, 0.1) is 12.1 Å². The third-order valence-corrected chi connectivity index (χ3v) is 5.80. The first-order valence-electron chi connectivity index (χ1n) is 9.44. The minimum atomic E-state index is -0.469. The van der Waals surface area contributed by atoms with Crippen molar-refractivity contribution in [2.24, 2.45) is 5.92 Å². The smallest absolute Gasteiger partial charge is 0.226 e. The van der Waals surface area contributed by atoms with E-state index in [1.165, 1.54) is 0 Å². The van der Waals surface area contributed by atoms with E-state index in [9.17, 15) is 5.11 Å². The molecule has 1 aromatic heterocycles. The van der Waals surface area contributed by atoms with Crippen LogP contribution in [0.4, 0.5) is 0 Å². The molecule has 0 bridgehead atoms. The standard InChI is InChI=1S/C18H32N4O2/c1-4-17-19-16(20-24-17)12-21(3)15-7-10-22(11-15)13-18(23)8-5-14(2)6-9-18/h14-15,23H,4-13H2,1-3H3. The zero-order valence-corrected chi connectivity index (χ0v) is 15.4. The quantitative estimate of drug-likeness (QED) is 0.858. The maximum Gasteiger partial charge on any atom is 0.226 e. The molecule has 24 heavy (non-hydrogen) atoms. The lowest BCUT2D eigenvalue weighted by molar-refractivity contribution is -0.0316. The molecule has 1 aliphatic carbocycles. The zero-order chi connectivity index (χ0) is 17.2. The van der Waals surface area contributed by atoms with Crippen LogP contribution in [0.25, 0.3) is 0 Å². The van der Waals surface area contributed by atoms with Gasteiger partial charge in [0.1, 0.15) is 0 Å². The molecule has 0 radical (unpaired) electrons. The molecule has 2 heterocycles. The molecule has 1 aromatic rings. The van der Waals surface area contributed by atoms with E-state index < -0.39 is 5.60 Å². The van der Waals surface area contributed by atoms with Crippen LogP contribution in [0.5, 0.6) is 0 Å². The van der Waals surface area contributed by atoms with Crippen molar-refractivity contribution in [3.8, 4) is 0 Å². The Balaban J connectivity index is 1.47. The molecule has 2 aliphatic rings. The fourth-order valence-corrected chi connectivity index (χ4v) is 4.04. The molecular weight excluding hydrogens is 304 g/mol. The van der Waals surface area contributed by atoms with E-state index >= 15 is 0 Å². The van der Waals surface area contributed by atoms with Crippen molar-refractivity contribution < 1.29 is 9.63 Å². The summed E-state index contributed by atoms with van der Waals surface area (Å²) in [6.07, 6.45) is 6.14. The largest absolute Gasteiger partial charge is 0.389 e. The Kier molecular flexibility index (Phi) is 5.57. The highest BCUT2D eigenvalue weighted by Gasteiger charge is 2.36. The molecule has 136 valence electrons. The first-order valence-corrected chi connectivity index (χ1v) is 9.44. The van der Waals surface area contributed by atoms with Crippen LogP contribution in [0, 0.1) is 5.92 Å². The molecule has 0 amide bonds. The average molecular weight is 336 g/mol. The van der Waals surface area contributed by atoms with Crippen LogP contribution in [0.1, 0.15) is 57.7 Å². The lowest BCUT2D eigenvalue weighted by Gasteiger charge is -2.38. The summed E-state index contributed by atoms with van der Waals surface area (Å²) in [5.74, 6) is 2.25. The Bertz CT molecular complexity index is 525. The highest BCUT2D eigenvalue weighted by atomic mass is 16.5. The number of β-amino-alcohol motifs (C(OH)–C–C–N with tert-alkyl or cyclic N) is 1. The highest BCUT2D eigenvalue weighted by Crippen LogP contribution is 2.33. The molecule has 2 fully saturated rings. The van der Waals surface area contributed by atoms with Crippen molar-refractivity contribution in [2.45, 2.75) is 70.6 Å². The van der Waals surface area contributed by atoms with E-state index in [-0.39, 0.29) is 0 Å². The lowest BCUT2D eigenvalue weighted by atomic mass is 9.79. The summed E-state index contributed by atoms with van der Waals surface area (Å²) in [7, 11) is 2.13. The van der Waals surface area contributed by atoms with Gasteiger partial charge in [-0.05, 0) is 51.6 Å². The summed E-state index contributed by atoms with van der Waals surface area (Å²) in [5, 5.41) is 14.9. The van der Waals surface area contributed by atoms with Crippen LogP contribution < -0.4 is 0 Å². The second-order valence-electron chi connectivity index (χ2n) is 7.96. The number of hydrogen-bond donors (Lipinski definition) is 1. The second-order valence-corrected chi connectivity index (χ2v) is 7.96. The van der Waals surface area contributed by atoms with Gasteiger partial charge in [-0.2, -0.15) is 4.98 Å². The molecule has 0 spiro atoms. The minimum absolute atomic E-state index is 0.469. The Labute approximate surface area is 145 Å². The Morgan fingerprint density at radius 1 is 1.33 bits per heavy atom. The monoisotopic (exact) mass is 336 g/mol. The summed E-state index contributed by atoms with van der Waals surface area (Å²) >= 11 is 0. The van der Waals surface area contributed by atoms with Gasteiger partial charge in [-0.25, -0.2) is 0 Å². The number of aryl methyl sites for hydroxylation is 1. The molecule has 1 aliphatic heterocycles. The number of likely N-dealkylation sites (tertiary alicyclic amines) is 1. The average Bonchev–Trinajstić information content (AvgIpc) is 3.20. The summed E-state index contributed by atoms with van der Waals surface area (Å²) in [4.78, 5) is 9.15. The summed E-state index contributed by atoms with van der Waals surface area (Å²) in [5.41, 5.74) is -0.469. The molecular formula is C18H32N4O2. The SMILES string of the molecule is CCc1nc(CN(C)C2CCN(CC3(O)CCC(C)CC3)C2)no1. The van der Waals surface area contributed by atoms with E-state index in [2.05, 4.69) is 33.9 Å². The van der Waals surface area contributed by atoms with Crippen molar-refractivity contribution in [3.63, 3.8) is 0 Å². The van der Waals surface area contributed by atoms with Crippen molar-refractivity contribution in [2.75, 3.05) is 26.7 Å². The van der Waals surface area contributed by atoms with Gasteiger partial charge in [-0.15, -0.1) is 0 Å². The van der Waals surface area contributed by atoms with Gasteiger partial charge >= 0.3 is 0 Å². The van der Waals surface area contributed by atoms with Gasteiger partial charge in [0.2, 0.25) is 5.89 Å². The molecule has 1 unspecified atom stereocenters. The Morgan fingerprint density at radius 3 is 2.75 bits per heavy atom. The van der Waals surface area contributed by atoms with Gasteiger partial charge < -0.3 is 9.63 Å². The molecule has 1 saturated heterocycles. The maximum atomic E-state index is 10.9. The topological polar surface area (TPSA) is 65.6 Å². The van der Waals surface area contributed by atoms with Crippen LogP contribution >= 0.6 is 0 Å². The maximum absolute atomic E-state index is 10.9. The third-order valence-electron chi connectivity index (χ3n) is 5.80. The van der Waals surface area contributed by atoms with Gasteiger partial charge in [0.15, 0.2) is 5.82 Å². The van der Waals surface area contributed by atoms with Crippen molar-refractivity contribution in [3.05, 3.63) is 11.7 Å². The van der Waals surface area contributed by atoms with Gasteiger partial charge in [0.25, 0.3) is 0 Å². The van der Waals surface area contributed by atoms with Crippen molar-refractivity contribution in [1.29, 1.82) is 0 Å². The van der Waals surface area contributed by atoms with Crippen LogP contribution in [-0.4, -0.2) is 63.4 Å². The van der Waals surface area contributed by atoms with Crippen molar-refractivity contribution in [1.82, 2.24) is 19.9 Å². The molecule has 6 nitrogen and oxygen atoms in total. The van der Waals surface area contributed by atoms with E-state index in [1.54, 1.807) is 0 Å². The number of aliphatic hydroxyl groups is 1. The van der Waals surface area contributed by atoms with E-state index in [1.807, 2.05) is 6.92 Å². The summed E-state index contributed by atoms with van der Waals surface area (Å²) < 4.78 is 5.19. The summed E-state index contributed by atoms with van der Waals surface area (Å²) in [6, 6.07) is 0.500. The normalized spacial score (nSPS) is 31.9. The molecule has 0 aromatic carbocycles. The van der Waals surface area contributed by atoms with E-state index in [0.29, 0.717) is 11.9 Å². The fourth-order valence-electron chi connectivity index (χ4n) is 4.04. The van der Waals surface area contributed by atoms with E-state index in [4.69, 9.17) is 4.52 Å². The lowest BCUT2D eigenvalue weighted by Crippen LogP contribution is -2.45. The molecule has 1 atom stereocenters. The third kappa shape index (κ3) is 4.35. The Morgan fingerprint density at radius 2 is 2.08 bits per heavy atom. The van der Waals surface area contributed by atoms with Gasteiger partial charge in [0, 0.05) is 25.6 Å². The number of aromatic nitrogens is 2. The van der Waals surface area contributed by atoms with Crippen LogP contribution in [0.3, 0.4) is 0 Å². The minimum Gasteiger partial charge on any atom is -0.389 e. The number of rotatable bonds is 6. The first-order chi connectivity index (χ1) is 11.5. The van der Waals surface area contributed by atoms with Crippen LogP contribution in [-0.2, 0) is 13.0 Å². The number of hydrogen-bond acceptors (Lipinski definition) is 6. The van der Waals surface area contributed by atoms with E-state index in [0.717, 1.165) is 76.4 Å². The fraction of sp³-hybridized carbons (Fsp3) is 0.889. The predicted molar refractivity (Wildman–Crippen MR) is 92.6 cm³/mol. The van der Waals surface area contributed by atoms with Gasteiger partial charge in [-0.1, -0.05) is 19.0 Å². The van der Waals surface area contributed by atoms with Crippen LogP contribution in [0.2, 0.25) is 0 Å². The zero-order valence-electron chi connectivity index (χ0n) is 15.4. The molecule has 1 saturated carbocycles. The highest BCUT2D eigenvalue weighted by molar-refractivity contribution is 4.93. The Hall–Kier alpha value is -0.980. The van der Waals surface area contributed by atoms with Gasteiger partial charge in [-0.3, -0.25) is 9.80 Å². The second kappa shape index (κ2) is 7.50. The summed E-state index contributed by atoms with van der Waals surface area (Å²) in [6.45, 7) is 7.96. The number of nitrogens with zero attached hydrogens (tertiary/aromatic N) is 4. The molecule has 3 rings (SSSR count). The molecule has 1 N–H and O–H groups in total. The number of likely N-dealkylation sites (N-methyl/N-ethyl adjacent to an activating group) is 1. The van der Waals surface area contributed by atoms with Crippen molar-refractivity contribution >= 4 is 0 Å². The first kappa shape index (κ1) is 17.8. The molecule has 6 heteroatoms.